The molecule has 0 aromatic carbocycles. The molecular weight excluding hydrogens is 296 g/mol. The zero-order valence-corrected chi connectivity index (χ0v) is 13.5. The molecule has 1 N–H and O–H groups in total. The molecular formula is C18H20O5. The Morgan fingerprint density at radius 2 is 1.96 bits per heavy atom. The molecule has 0 saturated heterocycles. The summed E-state index contributed by atoms with van der Waals surface area (Å²) in [5.41, 5.74) is 0.903. The standard InChI is InChI=1S/C18H20O5/c1-17(2)5-10-11(6-17)18(3)7-12(19)13(18)8-4-9(15(20)21)16(22)23-14(8)10/h4,10-11,14H,5-7H2,1-3H3,(H,20,21)/t10-,11+,14-,18-/m1/s1. The average Bonchev–Trinajstić information content (AvgIpc) is 2.75. The molecule has 1 aliphatic heterocycles. The SMILES string of the molecule is CC1(C)C[C@H]2[C@@H]3OC(=O)C(C(=O)O)=CC3=C3C(=O)C[C@]3(C)[C@H]2C1. The normalized spacial score (nSPS) is 40.5. The summed E-state index contributed by atoms with van der Waals surface area (Å²) in [4.78, 5) is 35.5. The maximum atomic E-state index is 12.3. The highest BCUT2D eigenvalue weighted by Crippen LogP contribution is 2.66. The number of rotatable bonds is 1. The summed E-state index contributed by atoms with van der Waals surface area (Å²) >= 11 is 0. The molecule has 122 valence electrons. The van der Waals surface area contributed by atoms with E-state index in [4.69, 9.17) is 4.74 Å². The first-order valence-corrected chi connectivity index (χ1v) is 8.08. The van der Waals surface area contributed by atoms with Gasteiger partial charge in [-0.3, -0.25) is 4.79 Å². The molecule has 0 bridgehead atoms. The van der Waals surface area contributed by atoms with E-state index in [0.717, 1.165) is 12.8 Å². The van der Waals surface area contributed by atoms with E-state index in [1.807, 2.05) is 0 Å². The number of hydrogen-bond acceptors (Lipinski definition) is 4. The van der Waals surface area contributed by atoms with Crippen molar-refractivity contribution in [3.63, 3.8) is 0 Å². The van der Waals surface area contributed by atoms with Gasteiger partial charge in [-0.05, 0) is 30.3 Å². The smallest absolute Gasteiger partial charge is 0.346 e. The molecule has 1 heterocycles. The van der Waals surface area contributed by atoms with E-state index in [1.165, 1.54) is 6.08 Å². The van der Waals surface area contributed by atoms with Crippen molar-refractivity contribution in [3.8, 4) is 0 Å². The Hall–Kier alpha value is -1.91. The molecule has 0 aromatic heterocycles. The topological polar surface area (TPSA) is 80.7 Å². The van der Waals surface area contributed by atoms with Crippen molar-refractivity contribution in [2.24, 2.45) is 22.7 Å². The molecule has 5 heteroatoms. The van der Waals surface area contributed by atoms with Crippen LogP contribution >= 0.6 is 0 Å². The molecule has 0 radical (unpaired) electrons. The minimum absolute atomic E-state index is 0.0644. The van der Waals surface area contributed by atoms with Gasteiger partial charge in [-0.1, -0.05) is 20.8 Å². The Kier molecular flexibility index (Phi) is 2.64. The first-order valence-electron chi connectivity index (χ1n) is 8.08. The number of hydrogen-bond donors (Lipinski definition) is 1. The van der Waals surface area contributed by atoms with Gasteiger partial charge in [0, 0.05) is 28.9 Å². The molecule has 0 aromatic rings. The van der Waals surface area contributed by atoms with Gasteiger partial charge >= 0.3 is 11.9 Å². The zero-order chi connectivity index (χ0) is 16.7. The van der Waals surface area contributed by atoms with Crippen molar-refractivity contribution in [3.05, 3.63) is 22.8 Å². The van der Waals surface area contributed by atoms with Crippen LogP contribution in [0.5, 0.6) is 0 Å². The molecule has 4 aliphatic rings. The second-order valence-electron chi connectivity index (χ2n) is 8.38. The zero-order valence-electron chi connectivity index (χ0n) is 13.5. The fourth-order valence-electron chi connectivity index (χ4n) is 5.38. The van der Waals surface area contributed by atoms with Crippen LogP contribution in [-0.2, 0) is 19.1 Å². The highest BCUT2D eigenvalue weighted by molar-refractivity contribution is 6.15. The molecule has 4 atom stereocenters. The number of ketones is 1. The first kappa shape index (κ1) is 14.7. The number of carboxylic acids is 1. The van der Waals surface area contributed by atoms with E-state index in [-0.39, 0.29) is 28.1 Å². The minimum atomic E-state index is -1.30. The van der Waals surface area contributed by atoms with Crippen LogP contribution in [0.4, 0.5) is 0 Å². The van der Waals surface area contributed by atoms with E-state index in [2.05, 4.69) is 20.8 Å². The number of esters is 1. The van der Waals surface area contributed by atoms with Crippen LogP contribution in [0.25, 0.3) is 0 Å². The van der Waals surface area contributed by atoms with Gasteiger partial charge in [0.15, 0.2) is 5.78 Å². The molecule has 23 heavy (non-hydrogen) atoms. The quantitative estimate of drug-likeness (QED) is 0.593. The Morgan fingerprint density at radius 1 is 1.26 bits per heavy atom. The summed E-state index contributed by atoms with van der Waals surface area (Å²) in [6, 6.07) is 0. The summed E-state index contributed by atoms with van der Waals surface area (Å²) in [6.07, 6.45) is 3.36. The second-order valence-corrected chi connectivity index (χ2v) is 8.38. The highest BCUT2D eigenvalue weighted by Gasteiger charge is 2.63. The third kappa shape index (κ3) is 1.76. The summed E-state index contributed by atoms with van der Waals surface area (Å²) < 4.78 is 5.52. The Morgan fingerprint density at radius 3 is 2.57 bits per heavy atom. The molecule has 4 rings (SSSR count). The number of carbonyl (C=O) groups is 3. The minimum Gasteiger partial charge on any atom is -0.477 e. The molecule has 2 fully saturated rings. The van der Waals surface area contributed by atoms with Crippen LogP contribution in [0, 0.1) is 22.7 Å². The fourth-order valence-corrected chi connectivity index (χ4v) is 5.38. The molecule has 0 unspecified atom stereocenters. The van der Waals surface area contributed by atoms with Crippen LogP contribution in [0.3, 0.4) is 0 Å². The first-order chi connectivity index (χ1) is 10.6. The molecule has 0 spiro atoms. The lowest BCUT2D eigenvalue weighted by Crippen LogP contribution is -2.54. The van der Waals surface area contributed by atoms with Gasteiger partial charge in [-0.2, -0.15) is 0 Å². The molecule has 5 nitrogen and oxygen atoms in total. The van der Waals surface area contributed by atoms with E-state index in [0.29, 0.717) is 23.5 Å². The number of aliphatic carboxylic acids is 1. The van der Waals surface area contributed by atoms with Crippen LogP contribution in [0.15, 0.2) is 22.8 Å². The maximum Gasteiger partial charge on any atom is 0.346 e. The van der Waals surface area contributed by atoms with Gasteiger partial charge in [-0.15, -0.1) is 0 Å². The largest absolute Gasteiger partial charge is 0.477 e. The molecule has 2 saturated carbocycles. The van der Waals surface area contributed by atoms with Crippen molar-refractivity contribution < 1.29 is 24.2 Å². The van der Waals surface area contributed by atoms with E-state index in [1.54, 1.807) is 0 Å². The van der Waals surface area contributed by atoms with E-state index < -0.39 is 18.0 Å². The predicted molar refractivity (Wildman–Crippen MR) is 80.4 cm³/mol. The third-order valence-corrected chi connectivity index (χ3v) is 6.24. The van der Waals surface area contributed by atoms with Crippen LogP contribution in [-0.4, -0.2) is 28.9 Å². The number of ether oxygens (including phenoxy) is 1. The lowest BCUT2D eigenvalue weighted by Gasteiger charge is -2.54. The van der Waals surface area contributed by atoms with Crippen molar-refractivity contribution in [1.29, 1.82) is 0 Å². The fraction of sp³-hybridized carbons (Fsp3) is 0.611. The predicted octanol–water partition coefficient (Wildman–Crippen LogP) is 2.26. The molecule has 0 amide bonds. The molecule has 3 aliphatic carbocycles. The summed E-state index contributed by atoms with van der Waals surface area (Å²) in [5, 5.41) is 9.19. The van der Waals surface area contributed by atoms with Crippen LogP contribution < -0.4 is 0 Å². The number of carbonyl (C=O) groups excluding carboxylic acids is 2. The van der Waals surface area contributed by atoms with E-state index in [9.17, 15) is 19.5 Å². The van der Waals surface area contributed by atoms with Crippen molar-refractivity contribution in [2.45, 2.75) is 46.1 Å². The van der Waals surface area contributed by atoms with Gasteiger partial charge in [0.1, 0.15) is 11.7 Å². The average molecular weight is 316 g/mol. The lowest BCUT2D eigenvalue weighted by molar-refractivity contribution is -0.154. The van der Waals surface area contributed by atoms with Gasteiger partial charge in [0.2, 0.25) is 0 Å². The maximum absolute atomic E-state index is 12.3. The monoisotopic (exact) mass is 316 g/mol. The third-order valence-electron chi connectivity index (χ3n) is 6.24. The Bertz CT molecular complexity index is 726. The number of fused-ring (bicyclic) bond motifs is 5. The van der Waals surface area contributed by atoms with Crippen LogP contribution in [0.2, 0.25) is 0 Å². The Labute approximate surface area is 134 Å². The summed E-state index contributed by atoms with van der Waals surface area (Å²) in [5.74, 6) is -1.55. The van der Waals surface area contributed by atoms with Crippen LogP contribution in [0.1, 0.15) is 40.0 Å². The van der Waals surface area contributed by atoms with Gasteiger partial charge in [-0.25, -0.2) is 9.59 Å². The van der Waals surface area contributed by atoms with Gasteiger partial charge < -0.3 is 9.84 Å². The number of allylic oxidation sites excluding steroid dienone is 1. The highest BCUT2D eigenvalue weighted by atomic mass is 16.5. The second kappa shape index (κ2) is 4.13. The number of Topliss-reactive ketones (excluding diaryl/α,β-unsaturated/α-hetero) is 1. The lowest BCUT2D eigenvalue weighted by atomic mass is 9.50. The Balaban J connectivity index is 1.90. The number of carboxylic acid groups (broad SMARTS) is 1. The van der Waals surface area contributed by atoms with Gasteiger partial charge in [0.05, 0.1) is 0 Å². The van der Waals surface area contributed by atoms with E-state index >= 15 is 0 Å². The van der Waals surface area contributed by atoms with Crippen molar-refractivity contribution in [1.82, 2.24) is 0 Å². The summed E-state index contributed by atoms with van der Waals surface area (Å²) in [6.45, 7) is 6.52. The summed E-state index contributed by atoms with van der Waals surface area (Å²) in [7, 11) is 0. The van der Waals surface area contributed by atoms with Crippen molar-refractivity contribution >= 4 is 17.7 Å². The van der Waals surface area contributed by atoms with Crippen molar-refractivity contribution in [2.75, 3.05) is 0 Å². The van der Waals surface area contributed by atoms with Gasteiger partial charge in [0.25, 0.3) is 0 Å².